The number of anilines is 1. The highest BCUT2D eigenvalue weighted by molar-refractivity contribution is 6.30. The van der Waals surface area contributed by atoms with Gasteiger partial charge in [0.25, 0.3) is 0 Å². The van der Waals surface area contributed by atoms with Crippen molar-refractivity contribution in [3.8, 4) is 17.2 Å². The summed E-state index contributed by atoms with van der Waals surface area (Å²) in [6, 6.07) is 19.8. The molecule has 0 saturated carbocycles. The van der Waals surface area contributed by atoms with Crippen LogP contribution in [0.4, 0.5) is 5.69 Å². The van der Waals surface area contributed by atoms with Crippen LogP contribution in [0, 0.1) is 6.92 Å². The van der Waals surface area contributed by atoms with Gasteiger partial charge in [0.15, 0.2) is 5.82 Å². The number of hydrogen-bond donors (Lipinski definition) is 2. The van der Waals surface area contributed by atoms with Crippen LogP contribution >= 0.6 is 11.6 Å². The van der Waals surface area contributed by atoms with Crippen LogP contribution in [-0.4, -0.2) is 152 Å². The van der Waals surface area contributed by atoms with E-state index in [0.29, 0.717) is 158 Å². The lowest BCUT2D eigenvalue weighted by atomic mass is 10.00. The maximum atomic E-state index is 13.5. The van der Waals surface area contributed by atoms with E-state index < -0.39 is 6.04 Å². The molecule has 0 spiro atoms. The monoisotopic (exact) mass is 882 g/mol. The van der Waals surface area contributed by atoms with E-state index in [2.05, 4.69) is 15.5 Å². The Morgan fingerprint density at radius 2 is 1.16 bits per heavy atom. The number of benzene rings is 3. The zero-order valence-corrected chi connectivity index (χ0v) is 36.4. The molecule has 0 bridgehead atoms. The number of carbonyl (C=O) groups excluding carboxylic acids is 1. The summed E-state index contributed by atoms with van der Waals surface area (Å²) in [5.74, 6) is 2.34. The number of hydrogen-bond acceptors (Lipinski definition) is 15. The number of carbonyl (C=O) groups is 1. The smallest absolute Gasteiger partial charge is 0.227 e. The standard InChI is InChI=1S/C44H59ClN6O11/c1-33-49-50-44-40(48-43(34-3-5-35(45)6-4-34)39-31-38(53-2)11-12-41(39)51(33)44)32-42(52)47-36-7-9-37(10-8-36)62-30-29-61-28-27-60-26-25-59-24-23-58-22-21-57-20-19-56-18-17-55-16-15-54-14-13-46/h3-12,31,40H,13-30,32,46H2,1-2H3,(H,47,52)/t40-/m0/s1. The SMILES string of the molecule is COc1ccc2c(c1)C(c1ccc(Cl)cc1)=N[C@@H](CC(=O)Nc1ccc(OCCOCCOCCOCCOCCOCCOCCOCCOCCN)cc1)c1nnc(C)n1-2. The first-order valence-corrected chi connectivity index (χ1v) is 21.1. The molecule has 1 aromatic heterocycles. The number of nitrogens with two attached hydrogens (primary N) is 1. The largest absolute Gasteiger partial charge is 0.497 e. The number of ether oxygens (including phenoxy) is 10. The first-order valence-electron chi connectivity index (χ1n) is 20.8. The van der Waals surface area contributed by atoms with Gasteiger partial charge in [0.1, 0.15) is 30.0 Å². The van der Waals surface area contributed by atoms with Crippen molar-refractivity contribution in [2.75, 3.05) is 131 Å². The number of aryl methyl sites for hydroxylation is 1. The summed E-state index contributed by atoms with van der Waals surface area (Å²) in [5.41, 5.74) is 9.17. The molecule has 0 saturated heterocycles. The summed E-state index contributed by atoms with van der Waals surface area (Å²) in [4.78, 5) is 18.6. The fourth-order valence-corrected chi connectivity index (χ4v) is 6.27. The van der Waals surface area contributed by atoms with Crippen molar-refractivity contribution in [1.29, 1.82) is 0 Å². The van der Waals surface area contributed by atoms with E-state index in [1.807, 2.05) is 54.0 Å². The molecule has 62 heavy (non-hydrogen) atoms. The van der Waals surface area contributed by atoms with Crippen molar-refractivity contribution in [3.63, 3.8) is 0 Å². The number of methoxy groups -OCH3 is 1. The van der Waals surface area contributed by atoms with Gasteiger partial charge < -0.3 is 58.4 Å². The van der Waals surface area contributed by atoms with Gasteiger partial charge in [0, 0.05) is 28.4 Å². The van der Waals surface area contributed by atoms with Crippen LogP contribution in [-0.2, 0) is 42.7 Å². The zero-order chi connectivity index (χ0) is 43.6. The van der Waals surface area contributed by atoms with Crippen LogP contribution in [0.15, 0.2) is 71.7 Å². The van der Waals surface area contributed by atoms with Gasteiger partial charge in [-0.25, -0.2) is 0 Å². The summed E-state index contributed by atoms with van der Waals surface area (Å²) in [6.07, 6.45) is 0.0302. The van der Waals surface area contributed by atoms with Crippen molar-refractivity contribution in [2.24, 2.45) is 10.7 Å². The predicted octanol–water partition coefficient (Wildman–Crippen LogP) is 4.63. The van der Waals surface area contributed by atoms with Crippen molar-refractivity contribution in [3.05, 3.63) is 94.5 Å². The van der Waals surface area contributed by atoms with Crippen LogP contribution in [0.5, 0.6) is 11.5 Å². The molecule has 4 aromatic rings. The second-order valence-electron chi connectivity index (χ2n) is 13.6. The Kier molecular flexibility index (Phi) is 22.1. The highest BCUT2D eigenvalue weighted by Crippen LogP contribution is 2.34. The highest BCUT2D eigenvalue weighted by atomic mass is 35.5. The van der Waals surface area contributed by atoms with Gasteiger partial charge in [-0.3, -0.25) is 14.4 Å². The lowest BCUT2D eigenvalue weighted by molar-refractivity contribution is -0.116. The number of halogens is 1. The molecule has 3 N–H and O–H groups in total. The maximum absolute atomic E-state index is 13.5. The number of aliphatic imine (C=N–C) groups is 1. The molecule has 18 heteroatoms. The normalized spacial score (nSPS) is 13.3. The number of fused-ring (bicyclic) bond motifs is 3. The second-order valence-corrected chi connectivity index (χ2v) is 14.1. The lowest BCUT2D eigenvalue weighted by Gasteiger charge is -2.14. The molecule has 0 aliphatic carbocycles. The third kappa shape index (κ3) is 16.6. The fraction of sp³-hybridized carbons (Fsp3) is 0.500. The lowest BCUT2D eigenvalue weighted by Crippen LogP contribution is -2.17. The van der Waals surface area contributed by atoms with E-state index in [4.69, 9.17) is 69.7 Å². The Bertz CT molecular complexity index is 1920. The molecular weight excluding hydrogens is 824 g/mol. The highest BCUT2D eigenvalue weighted by Gasteiger charge is 2.30. The molecular formula is C44H59ClN6O11. The first kappa shape index (κ1) is 48.5. The van der Waals surface area contributed by atoms with E-state index in [1.165, 1.54) is 0 Å². The van der Waals surface area contributed by atoms with Gasteiger partial charge in [-0.1, -0.05) is 23.7 Å². The number of nitrogens with one attached hydrogen (secondary N) is 1. The van der Waals surface area contributed by atoms with E-state index in [1.54, 1.807) is 31.4 Å². The van der Waals surface area contributed by atoms with Gasteiger partial charge in [0.2, 0.25) is 5.91 Å². The average molecular weight is 883 g/mol. The van der Waals surface area contributed by atoms with Crippen LogP contribution in [0.2, 0.25) is 5.02 Å². The Morgan fingerprint density at radius 1 is 0.661 bits per heavy atom. The van der Waals surface area contributed by atoms with Crippen LogP contribution < -0.4 is 20.5 Å². The van der Waals surface area contributed by atoms with Crippen molar-refractivity contribution in [1.82, 2.24) is 14.8 Å². The summed E-state index contributed by atoms with van der Waals surface area (Å²) in [5, 5.41) is 12.4. The molecule has 1 aliphatic rings. The fourth-order valence-electron chi connectivity index (χ4n) is 6.14. The average Bonchev–Trinajstić information content (AvgIpc) is 3.61. The van der Waals surface area contributed by atoms with Gasteiger partial charge >= 0.3 is 0 Å². The Morgan fingerprint density at radius 3 is 1.68 bits per heavy atom. The van der Waals surface area contributed by atoms with Crippen LogP contribution in [0.1, 0.15) is 35.2 Å². The summed E-state index contributed by atoms with van der Waals surface area (Å²) in [6.45, 7) is 10.5. The van der Waals surface area contributed by atoms with Gasteiger partial charge in [0.05, 0.1) is 131 Å². The van der Waals surface area contributed by atoms with Crippen molar-refractivity contribution < 1.29 is 52.2 Å². The quantitative estimate of drug-likeness (QED) is 0.0646. The molecule has 0 fully saturated rings. The Labute approximate surface area is 368 Å². The summed E-state index contributed by atoms with van der Waals surface area (Å²) in [7, 11) is 1.62. The molecule has 17 nitrogen and oxygen atoms in total. The van der Waals surface area contributed by atoms with Gasteiger partial charge in [-0.05, 0) is 61.5 Å². The Balaban J connectivity index is 0.901. The molecule has 1 amide bonds. The molecule has 2 heterocycles. The van der Waals surface area contributed by atoms with Gasteiger partial charge in [-0.15, -0.1) is 10.2 Å². The molecule has 0 unspecified atom stereocenters. The number of aromatic nitrogens is 3. The summed E-state index contributed by atoms with van der Waals surface area (Å²) < 4.78 is 57.1. The van der Waals surface area contributed by atoms with Crippen LogP contribution in [0.25, 0.3) is 5.69 Å². The minimum atomic E-state index is -0.627. The third-order valence-corrected chi connectivity index (χ3v) is 9.38. The van der Waals surface area contributed by atoms with E-state index >= 15 is 0 Å². The minimum Gasteiger partial charge on any atom is -0.497 e. The number of nitrogens with zero attached hydrogens (tertiary/aromatic N) is 4. The van der Waals surface area contributed by atoms with Crippen LogP contribution in [0.3, 0.4) is 0 Å². The van der Waals surface area contributed by atoms with Gasteiger partial charge in [-0.2, -0.15) is 0 Å². The molecule has 3 aromatic carbocycles. The predicted molar refractivity (Wildman–Crippen MR) is 233 cm³/mol. The van der Waals surface area contributed by atoms with E-state index in [-0.39, 0.29) is 12.3 Å². The number of rotatable bonds is 32. The van der Waals surface area contributed by atoms with Crippen molar-refractivity contribution in [2.45, 2.75) is 19.4 Å². The molecule has 5 rings (SSSR count). The van der Waals surface area contributed by atoms with E-state index in [9.17, 15) is 4.79 Å². The Hall–Kier alpha value is -4.53. The zero-order valence-electron chi connectivity index (χ0n) is 35.6. The molecule has 1 atom stereocenters. The molecule has 1 aliphatic heterocycles. The first-order chi connectivity index (χ1) is 30.5. The number of amides is 1. The third-order valence-electron chi connectivity index (χ3n) is 9.13. The van der Waals surface area contributed by atoms with E-state index in [0.717, 1.165) is 16.8 Å². The minimum absolute atomic E-state index is 0.0302. The topological polar surface area (TPSA) is 190 Å². The molecule has 0 radical (unpaired) electrons. The molecule has 338 valence electrons. The maximum Gasteiger partial charge on any atom is 0.227 e. The second kappa shape index (κ2) is 28.2. The van der Waals surface area contributed by atoms with Crippen molar-refractivity contribution >= 4 is 28.9 Å². The summed E-state index contributed by atoms with van der Waals surface area (Å²) >= 11 is 6.23.